The minimum absolute atomic E-state index is 1.10. The lowest BCUT2D eigenvalue weighted by atomic mass is 10.2. The summed E-state index contributed by atoms with van der Waals surface area (Å²) in [7, 11) is 0. The second-order valence-corrected chi connectivity index (χ2v) is 4.75. The van der Waals surface area contributed by atoms with Gasteiger partial charge in [-0.2, -0.15) is 0 Å². The fraction of sp³-hybridized carbons (Fsp3) is 0.571. The van der Waals surface area contributed by atoms with Gasteiger partial charge in [0.05, 0.1) is 0 Å². The molecule has 1 saturated heterocycles. The average molecular weight is 252 g/mol. The smallest absolute Gasteiger partial charge is 0.0234 e. The molecular weight excluding hydrogens is 228 g/mol. The second kappa shape index (κ2) is 8.56. The largest absolute Gasteiger partial charge is 0.296 e. The minimum Gasteiger partial charge on any atom is -0.296 e. The van der Waals surface area contributed by atoms with Gasteiger partial charge in [-0.15, -0.1) is 0 Å². The van der Waals surface area contributed by atoms with Gasteiger partial charge in [0.25, 0.3) is 0 Å². The van der Waals surface area contributed by atoms with E-state index in [1.165, 1.54) is 31.7 Å². The van der Waals surface area contributed by atoms with Gasteiger partial charge in [0.2, 0.25) is 0 Å². The van der Waals surface area contributed by atoms with Gasteiger partial charge in [-0.25, -0.2) is 4.31 Å². The number of nitrogens with zero attached hydrogens (tertiary/aromatic N) is 2. The summed E-state index contributed by atoms with van der Waals surface area (Å²) in [5.41, 5.74) is 1.43. The first-order valence-electron chi connectivity index (χ1n) is 6.44. The summed E-state index contributed by atoms with van der Waals surface area (Å²) in [6.07, 6.45) is 2.16. The third-order valence-corrected chi connectivity index (χ3v) is 3.72. The lowest BCUT2D eigenvalue weighted by Crippen LogP contribution is -2.42. The van der Waals surface area contributed by atoms with Crippen LogP contribution < -0.4 is 0 Å². The van der Waals surface area contributed by atoms with E-state index in [1.54, 1.807) is 0 Å². The van der Waals surface area contributed by atoms with Crippen LogP contribution in [-0.2, 0) is 6.54 Å². The van der Waals surface area contributed by atoms with E-state index < -0.39 is 0 Å². The van der Waals surface area contributed by atoms with E-state index in [-0.39, 0.29) is 0 Å². The maximum atomic E-state index is 2.53. The molecule has 1 aliphatic heterocycles. The SMILES string of the molecule is CC.CSN1CCN(Cc2ccccc2)CC1. The first kappa shape index (κ1) is 14.6. The molecule has 0 saturated carbocycles. The highest BCUT2D eigenvalue weighted by molar-refractivity contribution is 7.96. The maximum absolute atomic E-state index is 2.53. The van der Waals surface area contributed by atoms with Crippen molar-refractivity contribution in [1.29, 1.82) is 0 Å². The third-order valence-electron chi connectivity index (χ3n) is 2.84. The molecule has 96 valence electrons. The maximum Gasteiger partial charge on any atom is 0.0234 e. The number of hydrogen-bond acceptors (Lipinski definition) is 3. The summed E-state index contributed by atoms with van der Waals surface area (Å²) in [5, 5.41) is 0. The average Bonchev–Trinajstić information content (AvgIpc) is 2.43. The number of piperazine rings is 1. The molecule has 0 bridgehead atoms. The summed E-state index contributed by atoms with van der Waals surface area (Å²) in [4.78, 5) is 2.53. The Balaban J connectivity index is 0.000000686. The van der Waals surface area contributed by atoms with E-state index in [4.69, 9.17) is 0 Å². The van der Waals surface area contributed by atoms with Crippen LogP contribution in [0.25, 0.3) is 0 Å². The van der Waals surface area contributed by atoms with Gasteiger partial charge >= 0.3 is 0 Å². The van der Waals surface area contributed by atoms with E-state index in [0.717, 1.165) is 6.54 Å². The van der Waals surface area contributed by atoms with Crippen LogP contribution in [-0.4, -0.2) is 41.6 Å². The standard InChI is InChI=1S/C12H18N2S.C2H6/c1-15-14-9-7-13(8-10-14)11-12-5-3-2-4-6-12;1-2/h2-6H,7-11H2,1H3;1-2H3. The van der Waals surface area contributed by atoms with Gasteiger partial charge < -0.3 is 0 Å². The van der Waals surface area contributed by atoms with Crippen molar-refractivity contribution in [2.45, 2.75) is 20.4 Å². The van der Waals surface area contributed by atoms with Gasteiger partial charge in [0.15, 0.2) is 0 Å². The molecule has 3 heteroatoms. The van der Waals surface area contributed by atoms with Crippen molar-refractivity contribution in [2.75, 3.05) is 32.4 Å². The first-order valence-corrected chi connectivity index (χ1v) is 7.62. The molecule has 0 aliphatic carbocycles. The molecule has 0 unspecified atom stereocenters. The zero-order chi connectivity index (χ0) is 12.5. The lowest BCUT2D eigenvalue weighted by molar-refractivity contribution is 0.189. The van der Waals surface area contributed by atoms with Gasteiger partial charge in [0.1, 0.15) is 0 Å². The Kier molecular flexibility index (Phi) is 7.33. The molecule has 0 amide bonds. The predicted molar refractivity (Wildman–Crippen MR) is 78.2 cm³/mol. The molecule has 0 radical (unpaired) electrons. The van der Waals surface area contributed by atoms with Crippen molar-refractivity contribution >= 4 is 11.9 Å². The highest BCUT2D eigenvalue weighted by Crippen LogP contribution is 2.12. The van der Waals surface area contributed by atoms with Crippen LogP contribution in [0.15, 0.2) is 30.3 Å². The molecule has 0 atom stereocenters. The molecule has 17 heavy (non-hydrogen) atoms. The first-order chi connectivity index (χ1) is 8.38. The summed E-state index contributed by atoms with van der Waals surface area (Å²) >= 11 is 1.86. The third kappa shape index (κ3) is 5.11. The molecule has 1 aliphatic rings. The quantitative estimate of drug-likeness (QED) is 0.763. The van der Waals surface area contributed by atoms with Crippen LogP contribution in [0.2, 0.25) is 0 Å². The molecule has 2 rings (SSSR count). The zero-order valence-corrected chi connectivity index (χ0v) is 12.0. The second-order valence-electron chi connectivity index (χ2n) is 3.87. The van der Waals surface area contributed by atoms with Crippen molar-refractivity contribution in [3.63, 3.8) is 0 Å². The van der Waals surface area contributed by atoms with Gasteiger partial charge in [0, 0.05) is 32.7 Å². The molecule has 1 heterocycles. The van der Waals surface area contributed by atoms with Crippen LogP contribution >= 0.6 is 11.9 Å². The molecule has 1 fully saturated rings. The molecule has 0 spiro atoms. The van der Waals surface area contributed by atoms with Crippen LogP contribution in [0, 0.1) is 0 Å². The van der Waals surface area contributed by atoms with Crippen molar-refractivity contribution in [3.8, 4) is 0 Å². The highest BCUT2D eigenvalue weighted by Gasteiger charge is 2.15. The Labute approximate surface area is 110 Å². The van der Waals surface area contributed by atoms with E-state index >= 15 is 0 Å². The molecule has 2 nitrogen and oxygen atoms in total. The molecule has 1 aromatic rings. The molecule has 0 N–H and O–H groups in total. The van der Waals surface area contributed by atoms with Crippen molar-refractivity contribution in [3.05, 3.63) is 35.9 Å². The fourth-order valence-corrected chi connectivity index (χ4v) is 2.44. The summed E-state index contributed by atoms with van der Waals surface area (Å²) in [6, 6.07) is 10.7. The van der Waals surface area contributed by atoms with E-state index in [2.05, 4.69) is 45.8 Å². The normalized spacial score (nSPS) is 17.4. The van der Waals surface area contributed by atoms with Crippen molar-refractivity contribution in [1.82, 2.24) is 9.21 Å². The molecule has 1 aromatic carbocycles. The van der Waals surface area contributed by atoms with Gasteiger partial charge in [-0.05, 0) is 11.8 Å². The van der Waals surface area contributed by atoms with Gasteiger partial charge in [-0.1, -0.05) is 56.1 Å². The summed E-state index contributed by atoms with van der Waals surface area (Å²) in [6.45, 7) is 9.86. The minimum atomic E-state index is 1.10. The number of rotatable bonds is 3. The Bertz CT molecular complexity index is 282. The Hall–Kier alpha value is -0.510. The fourth-order valence-electron chi connectivity index (χ4n) is 1.91. The number of hydrogen-bond donors (Lipinski definition) is 0. The van der Waals surface area contributed by atoms with Crippen LogP contribution in [0.5, 0.6) is 0 Å². The Morgan fingerprint density at radius 2 is 1.59 bits per heavy atom. The topological polar surface area (TPSA) is 6.48 Å². The lowest BCUT2D eigenvalue weighted by Gasteiger charge is -2.33. The predicted octanol–water partition coefficient (Wildman–Crippen LogP) is 3.11. The van der Waals surface area contributed by atoms with E-state index in [1.807, 2.05) is 25.8 Å². The van der Waals surface area contributed by atoms with Crippen LogP contribution in [0.1, 0.15) is 19.4 Å². The van der Waals surface area contributed by atoms with Crippen LogP contribution in [0.3, 0.4) is 0 Å². The Morgan fingerprint density at radius 3 is 2.12 bits per heavy atom. The molecule has 0 aromatic heterocycles. The number of benzene rings is 1. The van der Waals surface area contributed by atoms with Crippen molar-refractivity contribution in [2.24, 2.45) is 0 Å². The van der Waals surface area contributed by atoms with Crippen LogP contribution in [0.4, 0.5) is 0 Å². The highest BCUT2D eigenvalue weighted by atomic mass is 32.2. The summed E-state index contributed by atoms with van der Waals surface area (Å²) in [5.74, 6) is 0. The summed E-state index contributed by atoms with van der Waals surface area (Å²) < 4.78 is 2.43. The Morgan fingerprint density at radius 1 is 1.00 bits per heavy atom. The van der Waals surface area contributed by atoms with E-state index in [0.29, 0.717) is 0 Å². The zero-order valence-electron chi connectivity index (χ0n) is 11.2. The monoisotopic (exact) mass is 252 g/mol. The van der Waals surface area contributed by atoms with Gasteiger partial charge in [-0.3, -0.25) is 4.90 Å². The molecular formula is C14H24N2S. The van der Waals surface area contributed by atoms with E-state index in [9.17, 15) is 0 Å². The van der Waals surface area contributed by atoms with Crippen molar-refractivity contribution < 1.29 is 0 Å².